The zero-order valence-corrected chi connectivity index (χ0v) is 18.8. The highest BCUT2D eigenvalue weighted by molar-refractivity contribution is 8.00. The molecular formula is C22H19ClF3N3O3S. The van der Waals surface area contributed by atoms with Gasteiger partial charge in [-0.15, -0.1) is 0 Å². The lowest BCUT2D eigenvalue weighted by atomic mass is 10.1. The van der Waals surface area contributed by atoms with Crippen LogP contribution in [0.5, 0.6) is 5.88 Å². The fraction of sp³-hybridized carbons (Fsp3) is 0.227. The van der Waals surface area contributed by atoms with Crippen molar-refractivity contribution in [3.05, 3.63) is 81.1 Å². The number of anilines is 1. The number of amides is 1. The smallest absolute Gasteiger partial charge is 0.418 e. The van der Waals surface area contributed by atoms with Gasteiger partial charge in [0.05, 0.1) is 17.3 Å². The van der Waals surface area contributed by atoms with Gasteiger partial charge in [0, 0.05) is 11.6 Å². The molecule has 174 valence electrons. The number of aromatic hydroxyl groups is 1. The Morgan fingerprint density at radius 1 is 1.21 bits per heavy atom. The molecule has 1 amide bonds. The molecule has 1 heterocycles. The van der Waals surface area contributed by atoms with Crippen LogP contribution in [-0.4, -0.2) is 20.6 Å². The fourth-order valence-electron chi connectivity index (χ4n) is 3.06. The molecule has 0 radical (unpaired) electrons. The van der Waals surface area contributed by atoms with Crippen LogP contribution in [0.2, 0.25) is 5.02 Å². The van der Waals surface area contributed by atoms with Crippen LogP contribution in [0.15, 0.2) is 64.5 Å². The third-order valence-electron chi connectivity index (χ3n) is 4.52. The first-order valence-corrected chi connectivity index (χ1v) is 11.1. The summed E-state index contributed by atoms with van der Waals surface area (Å²) in [5.74, 6) is -1.28. The minimum atomic E-state index is -4.74. The number of carbonyl (C=O) groups is 1. The van der Waals surface area contributed by atoms with E-state index in [9.17, 15) is 27.9 Å². The van der Waals surface area contributed by atoms with E-state index < -0.39 is 40.0 Å². The zero-order valence-electron chi connectivity index (χ0n) is 17.3. The van der Waals surface area contributed by atoms with Gasteiger partial charge in [-0.1, -0.05) is 60.6 Å². The molecule has 0 bridgehead atoms. The lowest BCUT2D eigenvalue weighted by Crippen LogP contribution is -2.25. The van der Waals surface area contributed by atoms with E-state index in [0.717, 1.165) is 30.0 Å². The Hall–Kier alpha value is -2.98. The normalized spacial score (nSPS) is 12.4. The molecule has 0 spiro atoms. The van der Waals surface area contributed by atoms with Crippen LogP contribution in [0, 0.1) is 0 Å². The number of aromatic nitrogens is 2. The largest absolute Gasteiger partial charge is 0.493 e. The van der Waals surface area contributed by atoms with Crippen LogP contribution in [0.4, 0.5) is 18.9 Å². The summed E-state index contributed by atoms with van der Waals surface area (Å²) in [6, 6.07) is 12.4. The van der Waals surface area contributed by atoms with Gasteiger partial charge in [-0.3, -0.25) is 14.2 Å². The molecule has 33 heavy (non-hydrogen) atoms. The molecule has 0 aliphatic carbocycles. The summed E-state index contributed by atoms with van der Waals surface area (Å²) in [5.41, 5.74) is -1.56. The summed E-state index contributed by atoms with van der Waals surface area (Å²) in [4.78, 5) is 29.5. The molecular weight excluding hydrogens is 479 g/mol. The monoisotopic (exact) mass is 497 g/mol. The van der Waals surface area contributed by atoms with Crippen molar-refractivity contribution in [2.45, 2.75) is 36.5 Å². The van der Waals surface area contributed by atoms with Gasteiger partial charge in [-0.25, -0.2) is 0 Å². The number of halogens is 4. The molecule has 0 aliphatic rings. The third-order valence-corrected chi connectivity index (χ3v) is 6.00. The van der Waals surface area contributed by atoms with Crippen molar-refractivity contribution in [1.29, 1.82) is 0 Å². The maximum atomic E-state index is 13.5. The Labute approximate surface area is 196 Å². The first-order valence-electron chi connectivity index (χ1n) is 9.80. The van der Waals surface area contributed by atoms with Crippen LogP contribution in [0.1, 0.15) is 29.7 Å². The van der Waals surface area contributed by atoms with Crippen LogP contribution in [0.25, 0.3) is 0 Å². The van der Waals surface area contributed by atoms with Gasteiger partial charge in [-0.2, -0.15) is 18.2 Å². The zero-order chi connectivity index (χ0) is 24.2. The molecule has 0 saturated carbocycles. The molecule has 1 aromatic heterocycles. The number of carbonyl (C=O) groups excluding carboxylic acids is 1. The predicted molar refractivity (Wildman–Crippen MR) is 121 cm³/mol. The number of benzene rings is 2. The number of hydrogen-bond donors (Lipinski definition) is 2. The van der Waals surface area contributed by atoms with Gasteiger partial charge in [0.1, 0.15) is 5.25 Å². The summed E-state index contributed by atoms with van der Waals surface area (Å²) in [5, 5.41) is 11.0. The van der Waals surface area contributed by atoms with Crippen molar-refractivity contribution >= 4 is 35.0 Å². The van der Waals surface area contributed by atoms with Crippen molar-refractivity contribution in [2.75, 3.05) is 5.32 Å². The highest BCUT2D eigenvalue weighted by Gasteiger charge is 2.35. The molecule has 0 aliphatic heterocycles. The van der Waals surface area contributed by atoms with E-state index >= 15 is 0 Å². The second kappa shape index (κ2) is 10.3. The number of nitrogens with zero attached hydrogens (tertiary/aromatic N) is 2. The number of thioether (sulfide) groups is 1. The maximum absolute atomic E-state index is 13.5. The molecule has 0 fully saturated rings. The van der Waals surface area contributed by atoms with E-state index in [1.54, 1.807) is 30.3 Å². The molecule has 1 atom stereocenters. The van der Waals surface area contributed by atoms with Crippen molar-refractivity contribution in [3.63, 3.8) is 0 Å². The van der Waals surface area contributed by atoms with E-state index in [2.05, 4.69) is 10.3 Å². The lowest BCUT2D eigenvalue weighted by molar-refractivity contribution is -0.137. The topological polar surface area (TPSA) is 84.2 Å². The minimum Gasteiger partial charge on any atom is -0.493 e. The Morgan fingerprint density at radius 2 is 1.91 bits per heavy atom. The average Bonchev–Trinajstić information content (AvgIpc) is 2.75. The van der Waals surface area contributed by atoms with Crippen LogP contribution < -0.4 is 10.9 Å². The Bertz CT molecular complexity index is 1200. The minimum absolute atomic E-state index is 0.0676. The first kappa shape index (κ1) is 24.7. The van der Waals surface area contributed by atoms with Gasteiger partial charge in [0.2, 0.25) is 11.8 Å². The highest BCUT2D eigenvalue weighted by atomic mass is 35.5. The molecule has 2 N–H and O–H groups in total. The molecule has 3 rings (SSSR count). The summed E-state index contributed by atoms with van der Waals surface area (Å²) >= 11 is 6.57. The number of alkyl halides is 3. The van der Waals surface area contributed by atoms with E-state index in [-0.39, 0.29) is 16.7 Å². The van der Waals surface area contributed by atoms with Gasteiger partial charge >= 0.3 is 6.18 Å². The van der Waals surface area contributed by atoms with Gasteiger partial charge in [0.25, 0.3) is 5.56 Å². The standard InChI is InChI=1S/C22H19ClF3N3O3S/c1-2-10-29-18(31)12-17(30)28-21(29)33-19(13-6-4-3-5-7-13)20(32)27-16-9-8-14(23)11-15(16)22(24,25)26/h3-9,11-12,19,30H,2,10H2,1H3,(H,27,32)/t19-/m1/s1. The highest BCUT2D eigenvalue weighted by Crippen LogP contribution is 2.39. The molecule has 0 saturated heterocycles. The van der Waals surface area contributed by atoms with Gasteiger partial charge in [-0.05, 0) is 30.2 Å². The summed E-state index contributed by atoms with van der Waals surface area (Å²) in [6.45, 7) is 2.13. The van der Waals surface area contributed by atoms with Crippen LogP contribution in [-0.2, 0) is 17.5 Å². The third kappa shape index (κ3) is 6.08. The Morgan fingerprint density at radius 3 is 2.55 bits per heavy atom. The molecule has 0 unspecified atom stereocenters. The summed E-state index contributed by atoms with van der Waals surface area (Å²) < 4.78 is 41.8. The average molecular weight is 498 g/mol. The van der Waals surface area contributed by atoms with E-state index in [1.165, 1.54) is 10.6 Å². The van der Waals surface area contributed by atoms with Gasteiger partial charge < -0.3 is 10.4 Å². The van der Waals surface area contributed by atoms with Crippen LogP contribution in [0.3, 0.4) is 0 Å². The maximum Gasteiger partial charge on any atom is 0.418 e. The van der Waals surface area contributed by atoms with Crippen molar-refractivity contribution in [1.82, 2.24) is 9.55 Å². The fourth-order valence-corrected chi connectivity index (χ4v) is 4.35. The second-order valence-electron chi connectivity index (χ2n) is 6.97. The van der Waals surface area contributed by atoms with E-state index in [1.807, 2.05) is 6.92 Å². The quantitative estimate of drug-likeness (QED) is 0.332. The summed E-state index contributed by atoms with van der Waals surface area (Å²) in [6.07, 6.45) is -4.15. The SMILES string of the molecule is CCCn1c(S[C@@H](C(=O)Nc2ccc(Cl)cc2C(F)(F)F)c2ccccc2)nc(O)cc1=O. The van der Waals surface area contributed by atoms with E-state index in [0.29, 0.717) is 12.0 Å². The second-order valence-corrected chi connectivity index (χ2v) is 8.48. The Balaban J connectivity index is 2.03. The van der Waals surface area contributed by atoms with Crippen molar-refractivity contribution in [2.24, 2.45) is 0 Å². The van der Waals surface area contributed by atoms with E-state index in [4.69, 9.17) is 11.6 Å². The molecule has 6 nitrogen and oxygen atoms in total. The van der Waals surface area contributed by atoms with Gasteiger partial charge in [0.15, 0.2) is 5.16 Å². The molecule has 3 aromatic rings. The Kier molecular flexibility index (Phi) is 7.70. The lowest BCUT2D eigenvalue weighted by Gasteiger charge is -2.20. The van der Waals surface area contributed by atoms with Crippen molar-refractivity contribution < 1.29 is 23.1 Å². The number of nitrogens with one attached hydrogen (secondary N) is 1. The summed E-state index contributed by atoms with van der Waals surface area (Å²) in [7, 11) is 0. The number of rotatable bonds is 7. The predicted octanol–water partition coefficient (Wildman–Crippen LogP) is 5.50. The molecule has 11 heteroatoms. The van der Waals surface area contributed by atoms with Crippen LogP contribution >= 0.6 is 23.4 Å². The first-order chi connectivity index (χ1) is 15.6. The molecule has 2 aromatic carbocycles. The van der Waals surface area contributed by atoms with Crippen molar-refractivity contribution in [3.8, 4) is 5.88 Å². The number of hydrogen-bond acceptors (Lipinski definition) is 5.